The maximum atomic E-state index is 11.8. The summed E-state index contributed by atoms with van der Waals surface area (Å²) in [7, 11) is 0. The molecule has 2 rings (SSSR count). The van der Waals surface area contributed by atoms with E-state index >= 15 is 0 Å². The van der Waals surface area contributed by atoms with Crippen LogP contribution in [0.4, 0.5) is 0 Å². The standard InChI is InChI=1S/C17H18O2/c1-14-6-5-7-15(12-14)13-16(18)10-11-19-17-8-3-2-4-9-17/h2-9,12H,10-11,13H2,1H3. The summed E-state index contributed by atoms with van der Waals surface area (Å²) in [5, 5.41) is 0. The van der Waals surface area contributed by atoms with Crippen molar-refractivity contribution in [2.24, 2.45) is 0 Å². The zero-order valence-electron chi connectivity index (χ0n) is 11.1. The molecule has 98 valence electrons. The minimum atomic E-state index is 0.210. The number of carbonyl (C=O) groups excluding carboxylic acids is 1. The van der Waals surface area contributed by atoms with E-state index < -0.39 is 0 Å². The smallest absolute Gasteiger partial charge is 0.140 e. The van der Waals surface area contributed by atoms with Gasteiger partial charge in [0, 0.05) is 12.8 Å². The highest BCUT2D eigenvalue weighted by atomic mass is 16.5. The van der Waals surface area contributed by atoms with Crippen LogP contribution in [0, 0.1) is 6.92 Å². The molecule has 0 atom stereocenters. The van der Waals surface area contributed by atoms with Crippen LogP contribution >= 0.6 is 0 Å². The molecular formula is C17H18O2. The van der Waals surface area contributed by atoms with Crippen molar-refractivity contribution in [2.75, 3.05) is 6.61 Å². The SMILES string of the molecule is Cc1cccc(CC(=O)CCOc2ccccc2)c1. The van der Waals surface area contributed by atoms with Gasteiger partial charge in [0.25, 0.3) is 0 Å². The molecule has 0 aliphatic heterocycles. The Hall–Kier alpha value is -2.09. The van der Waals surface area contributed by atoms with E-state index in [1.807, 2.05) is 55.5 Å². The molecule has 0 bridgehead atoms. The topological polar surface area (TPSA) is 26.3 Å². The fourth-order valence-corrected chi connectivity index (χ4v) is 1.94. The molecule has 0 heterocycles. The Labute approximate surface area is 114 Å². The Morgan fingerprint density at radius 1 is 1.05 bits per heavy atom. The third-order valence-corrected chi connectivity index (χ3v) is 2.88. The van der Waals surface area contributed by atoms with E-state index in [0.29, 0.717) is 19.4 Å². The van der Waals surface area contributed by atoms with Crippen LogP contribution in [0.5, 0.6) is 5.75 Å². The summed E-state index contributed by atoms with van der Waals surface area (Å²) in [6, 6.07) is 17.6. The van der Waals surface area contributed by atoms with E-state index in [1.165, 1.54) is 5.56 Å². The zero-order chi connectivity index (χ0) is 13.5. The van der Waals surface area contributed by atoms with Gasteiger partial charge in [-0.3, -0.25) is 4.79 Å². The van der Waals surface area contributed by atoms with Crippen LogP contribution in [0.3, 0.4) is 0 Å². The fraction of sp³-hybridized carbons (Fsp3) is 0.235. The van der Waals surface area contributed by atoms with Crippen molar-refractivity contribution in [1.82, 2.24) is 0 Å². The summed E-state index contributed by atoms with van der Waals surface area (Å²) in [5.41, 5.74) is 2.26. The van der Waals surface area contributed by atoms with E-state index in [4.69, 9.17) is 4.74 Å². The van der Waals surface area contributed by atoms with Gasteiger partial charge in [0.2, 0.25) is 0 Å². The molecule has 0 amide bonds. The highest BCUT2D eigenvalue weighted by molar-refractivity contribution is 5.81. The summed E-state index contributed by atoms with van der Waals surface area (Å²) < 4.78 is 5.52. The molecule has 2 aromatic carbocycles. The number of para-hydroxylation sites is 1. The molecule has 0 saturated heterocycles. The Morgan fingerprint density at radius 2 is 1.84 bits per heavy atom. The minimum absolute atomic E-state index is 0.210. The number of Topliss-reactive ketones (excluding diaryl/α,β-unsaturated/α-hetero) is 1. The zero-order valence-corrected chi connectivity index (χ0v) is 11.1. The van der Waals surface area contributed by atoms with E-state index in [2.05, 4.69) is 6.07 Å². The van der Waals surface area contributed by atoms with Gasteiger partial charge in [0.15, 0.2) is 0 Å². The largest absolute Gasteiger partial charge is 0.493 e. The van der Waals surface area contributed by atoms with Crippen LogP contribution < -0.4 is 4.74 Å². The molecule has 0 saturated carbocycles. The number of hydrogen-bond acceptors (Lipinski definition) is 2. The van der Waals surface area contributed by atoms with Gasteiger partial charge >= 0.3 is 0 Å². The summed E-state index contributed by atoms with van der Waals surface area (Å²) in [5.74, 6) is 1.02. The molecule has 0 aliphatic carbocycles. The molecule has 0 fully saturated rings. The molecule has 0 radical (unpaired) electrons. The maximum Gasteiger partial charge on any atom is 0.140 e. The Morgan fingerprint density at radius 3 is 2.58 bits per heavy atom. The Bertz CT molecular complexity index is 532. The molecule has 0 spiro atoms. The lowest BCUT2D eigenvalue weighted by atomic mass is 10.1. The second kappa shape index (κ2) is 6.74. The van der Waals surface area contributed by atoms with Crippen molar-refractivity contribution in [1.29, 1.82) is 0 Å². The maximum absolute atomic E-state index is 11.8. The van der Waals surface area contributed by atoms with Crippen LogP contribution in [0.25, 0.3) is 0 Å². The molecule has 19 heavy (non-hydrogen) atoms. The van der Waals surface area contributed by atoms with Gasteiger partial charge < -0.3 is 4.74 Å². The minimum Gasteiger partial charge on any atom is -0.493 e. The van der Waals surface area contributed by atoms with Crippen molar-refractivity contribution in [3.05, 3.63) is 65.7 Å². The summed E-state index contributed by atoms with van der Waals surface area (Å²) in [6.07, 6.45) is 0.933. The molecule has 2 nitrogen and oxygen atoms in total. The van der Waals surface area contributed by atoms with Crippen molar-refractivity contribution >= 4 is 5.78 Å². The molecular weight excluding hydrogens is 236 g/mol. The first-order chi connectivity index (χ1) is 9.24. The van der Waals surface area contributed by atoms with Crippen LogP contribution in [0.1, 0.15) is 17.5 Å². The van der Waals surface area contributed by atoms with Gasteiger partial charge in [-0.1, -0.05) is 48.0 Å². The van der Waals surface area contributed by atoms with Crippen molar-refractivity contribution in [2.45, 2.75) is 19.8 Å². The average Bonchev–Trinajstić information content (AvgIpc) is 2.40. The molecule has 2 heteroatoms. The van der Waals surface area contributed by atoms with Gasteiger partial charge in [0.1, 0.15) is 11.5 Å². The first-order valence-corrected chi connectivity index (χ1v) is 6.49. The molecule has 2 aromatic rings. The monoisotopic (exact) mass is 254 g/mol. The van der Waals surface area contributed by atoms with Crippen LogP contribution in [-0.2, 0) is 11.2 Å². The Balaban J connectivity index is 1.76. The number of ketones is 1. The number of rotatable bonds is 6. The number of ether oxygens (including phenoxy) is 1. The fourth-order valence-electron chi connectivity index (χ4n) is 1.94. The average molecular weight is 254 g/mol. The summed E-state index contributed by atoms with van der Waals surface area (Å²) in [6.45, 7) is 2.47. The normalized spacial score (nSPS) is 10.2. The van der Waals surface area contributed by atoms with Gasteiger partial charge in [-0.05, 0) is 24.6 Å². The highest BCUT2D eigenvalue weighted by Gasteiger charge is 2.04. The second-order valence-electron chi connectivity index (χ2n) is 4.62. The number of benzene rings is 2. The van der Waals surface area contributed by atoms with E-state index in [-0.39, 0.29) is 5.78 Å². The van der Waals surface area contributed by atoms with Crippen LogP contribution in [0.15, 0.2) is 54.6 Å². The number of hydrogen-bond donors (Lipinski definition) is 0. The lowest BCUT2D eigenvalue weighted by molar-refractivity contribution is -0.118. The lowest BCUT2D eigenvalue weighted by Crippen LogP contribution is -2.08. The van der Waals surface area contributed by atoms with Crippen molar-refractivity contribution in [3.8, 4) is 5.75 Å². The second-order valence-corrected chi connectivity index (χ2v) is 4.62. The van der Waals surface area contributed by atoms with E-state index in [0.717, 1.165) is 11.3 Å². The molecule has 0 aromatic heterocycles. The van der Waals surface area contributed by atoms with Crippen molar-refractivity contribution < 1.29 is 9.53 Å². The Kier molecular flexibility index (Phi) is 4.73. The molecule has 0 aliphatic rings. The first-order valence-electron chi connectivity index (χ1n) is 6.49. The first kappa shape index (κ1) is 13.3. The van der Waals surface area contributed by atoms with Gasteiger partial charge in [-0.25, -0.2) is 0 Å². The summed E-state index contributed by atoms with van der Waals surface area (Å²) >= 11 is 0. The molecule has 0 N–H and O–H groups in total. The highest BCUT2D eigenvalue weighted by Crippen LogP contribution is 2.10. The van der Waals surface area contributed by atoms with Crippen LogP contribution in [0.2, 0.25) is 0 Å². The van der Waals surface area contributed by atoms with Crippen LogP contribution in [-0.4, -0.2) is 12.4 Å². The third-order valence-electron chi connectivity index (χ3n) is 2.88. The molecule has 0 unspecified atom stereocenters. The van der Waals surface area contributed by atoms with E-state index in [9.17, 15) is 4.79 Å². The lowest BCUT2D eigenvalue weighted by Gasteiger charge is -2.05. The number of carbonyl (C=O) groups is 1. The number of aryl methyl sites for hydroxylation is 1. The summed E-state index contributed by atoms with van der Waals surface area (Å²) in [4.78, 5) is 11.8. The van der Waals surface area contributed by atoms with Gasteiger partial charge in [-0.15, -0.1) is 0 Å². The van der Waals surface area contributed by atoms with Gasteiger partial charge in [0.05, 0.1) is 6.61 Å². The predicted molar refractivity (Wildman–Crippen MR) is 76.4 cm³/mol. The van der Waals surface area contributed by atoms with Gasteiger partial charge in [-0.2, -0.15) is 0 Å². The quantitative estimate of drug-likeness (QED) is 0.787. The third kappa shape index (κ3) is 4.59. The predicted octanol–water partition coefficient (Wildman–Crippen LogP) is 3.58. The van der Waals surface area contributed by atoms with Crippen molar-refractivity contribution in [3.63, 3.8) is 0 Å². The van der Waals surface area contributed by atoms with E-state index in [1.54, 1.807) is 0 Å².